The van der Waals surface area contributed by atoms with E-state index in [1.807, 2.05) is 13.8 Å². The zero-order chi connectivity index (χ0) is 32.7. The molecule has 0 fully saturated rings. The Kier molecular flexibility index (Phi) is 11.7. The zero-order valence-electron chi connectivity index (χ0n) is 24.8. The molecule has 3 aromatic rings. The van der Waals surface area contributed by atoms with Crippen molar-refractivity contribution in [3.63, 3.8) is 0 Å². The molecule has 44 heavy (non-hydrogen) atoms. The Balaban J connectivity index is 2.13. The lowest BCUT2D eigenvalue weighted by molar-refractivity contribution is -0.140. The molecule has 0 aliphatic rings. The van der Waals surface area contributed by atoms with E-state index in [2.05, 4.69) is 5.32 Å². The van der Waals surface area contributed by atoms with Crippen LogP contribution in [0.15, 0.2) is 72.8 Å². The number of carbonyl (C=O) groups is 2. The number of carbonyl (C=O) groups excluding carboxylic acids is 2. The second-order valence-corrected chi connectivity index (χ2v) is 12.6. The average Bonchev–Trinajstić information content (AvgIpc) is 2.97. The standard InChI is InChI=1S/C31H35ClF3N3O5S/c1-5-21(2)36-30(40)28(17-22-10-7-6-8-11-22)37(19-23-12-9-13-25(16-23)43-3)29(39)20-38(44(4,41)42)27-18-24(31(33,34)35)14-15-26(27)32/h6-16,18,21,28H,5,17,19-20H2,1-4H3,(H,36,40)/t21-,28-/m1/s1. The van der Waals surface area contributed by atoms with Crippen molar-refractivity contribution in [2.24, 2.45) is 0 Å². The zero-order valence-corrected chi connectivity index (χ0v) is 26.3. The molecule has 2 atom stereocenters. The minimum absolute atomic E-state index is 0.0853. The van der Waals surface area contributed by atoms with Crippen molar-refractivity contribution >= 4 is 39.1 Å². The minimum Gasteiger partial charge on any atom is -0.497 e. The number of ether oxygens (including phenoxy) is 1. The topological polar surface area (TPSA) is 96.0 Å². The molecule has 0 aromatic heterocycles. The molecular formula is C31H35ClF3N3O5S. The highest BCUT2D eigenvalue weighted by Crippen LogP contribution is 2.36. The molecule has 8 nitrogen and oxygen atoms in total. The van der Waals surface area contributed by atoms with Gasteiger partial charge in [-0.3, -0.25) is 13.9 Å². The maximum Gasteiger partial charge on any atom is 0.416 e. The van der Waals surface area contributed by atoms with Crippen molar-refractivity contribution in [1.82, 2.24) is 10.2 Å². The van der Waals surface area contributed by atoms with Gasteiger partial charge in [0.05, 0.1) is 29.6 Å². The maximum atomic E-state index is 14.2. The van der Waals surface area contributed by atoms with Crippen LogP contribution in [0.3, 0.4) is 0 Å². The van der Waals surface area contributed by atoms with E-state index >= 15 is 0 Å². The molecule has 238 valence electrons. The molecule has 13 heteroatoms. The fourth-order valence-corrected chi connectivity index (χ4v) is 5.56. The van der Waals surface area contributed by atoms with Crippen molar-refractivity contribution in [3.8, 4) is 5.75 Å². The fourth-order valence-electron chi connectivity index (χ4n) is 4.44. The molecule has 2 amide bonds. The van der Waals surface area contributed by atoms with E-state index in [-0.39, 0.29) is 24.0 Å². The number of halogens is 4. The summed E-state index contributed by atoms with van der Waals surface area (Å²) in [5.41, 5.74) is -0.334. The van der Waals surface area contributed by atoms with Gasteiger partial charge in [-0.1, -0.05) is 61.0 Å². The van der Waals surface area contributed by atoms with Gasteiger partial charge in [0.15, 0.2) is 0 Å². The highest BCUT2D eigenvalue weighted by Gasteiger charge is 2.36. The van der Waals surface area contributed by atoms with Crippen LogP contribution in [0.2, 0.25) is 5.02 Å². The minimum atomic E-state index is -4.79. The van der Waals surface area contributed by atoms with E-state index < -0.39 is 51.9 Å². The molecule has 0 unspecified atom stereocenters. The van der Waals surface area contributed by atoms with Crippen molar-refractivity contribution in [3.05, 3.63) is 94.5 Å². The summed E-state index contributed by atoms with van der Waals surface area (Å²) in [4.78, 5) is 29.1. The van der Waals surface area contributed by atoms with Crippen LogP contribution < -0.4 is 14.4 Å². The Morgan fingerprint density at radius 2 is 1.66 bits per heavy atom. The molecule has 3 rings (SSSR count). The Hall–Kier alpha value is -3.77. The molecular weight excluding hydrogens is 619 g/mol. The van der Waals surface area contributed by atoms with E-state index in [9.17, 15) is 31.2 Å². The molecule has 0 heterocycles. The third kappa shape index (κ3) is 9.36. The Morgan fingerprint density at radius 3 is 2.25 bits per heavy atom. The molecule has 0 bridgehead atoms. The SMILES string of the molecule is CC[C@@H](C)NC(=O)[C@@H](Cc1ccccc1)N(Cc1cccc(OC)c1)C(=O)CN(c1cc(C(F)(F)F)ccc1Cl)S(C)(=O)=O. The summed E-state index contributed by atoms with van der Waals surface area (Å²) in [5, 5.41) is 2.61. The number of rotatable bonds is 13. The van der Waals surface area contributed by atoms with Crippen molar-refractivity contribution in [2.75, 3.05) is 24.2 Å². The first kappa shape index (κ1) is 34.7. The Bertz CT molecular complexity index is 1550. The van der Waals surface area contributed by atoms with E-state index in [0.29, 0.717) is 28.1 Å². The van der Waals surface area contributed by atoms with Crippen LogP contribution in [-0.4, -0.2) is 57.1 Å². The van der Waals surface area contributed by atoms with E-state index in [4.69, 9.17) is 16.3 Å². The highest BCUT2D eigenvalue weighted by molar-refractivity contribution is 7.92. The van der Waals surface area contributed by atoms with E-state index in [1.165, 1.54) is 12.0 Å². The number of benzene rings is 3. The summed E-state index contributed by atoms with van der Waals surface area (Å²) >= 11 is 6.19. The molecule has 0 saturated carbocycles. The molecule has 3 aromatic carbocycles. The van der Waals surface area contributed by atoms with Crippen LogP contribution in [-0.2, 0) is 38.8 Å². The number of methoxy groups -OCH3 is 1. The quantitative estimate of drug-likeness (QED) is 0.256. The second-order valence-electron chi connectivity index (χ2n) is 10.3. The predicted molar refractivity (Wildman–Crippen MR) is 164 cm³/mol. The largest absolute Gasteiger partial charge is 0.497 e. The van der Waals surface area contributed by atoms with Gasteiger partial charge in [-0.05, 0) is 54.8 Å². The van der Waals surface area contributed by atoms with Gasteiger partial charge in [0.2, 0.25) is 21.8 Å². The van der Waals surface area contributed by atoms with Gasteiger partial charge in [-0.25, -0.2) is 8.42 Å². The fraction of sp³-hybridized carbons (Fsp3) is 0.355. The summed E-state index contributed by atoms with van der Waals surface area (Å²) in [7, 11) is -2.85. The summed E-state index contributed by atoms with van der Waals surface area (Å²) in [6, 6.07) is 16.6. The predicted octanol–water partition coefficient (Wildman–Crippen LogP) is 5.69. The van der Waals surface area contributed by atoms with E-state index in [1.54, 1.807) is 54.6 Å². The van der Waals surface area contributed by atoms with Gasteiger partial charge in [0, 0.05) is 19.0 Å². The molecule has 0 saturated heterocycles. The molecule has 0 spiro atoms. The first-order valence-corrected chi connectivity index (χ1v) is 16.0. The molecule has 0 aliphatic heterocycles. The van der Waals surface area contributed by atoms with Crippen molar-refractivity contribution in [2.45, 2.75) is 51.5 Å². The number of sulfonamides is 1. The third-order valence-corrected chi connectivity index (χ3v) is 8.43. The van der Waals surface area contributed by atoms with Gasteiger partial charge < -0.3 is 15.0 Å². The van der Waals surface area contributed by atoms with Gasteiger partial charge in [0.1, 0.15) is 18.3 Å². The average molecular weight is 654 g/mol. The molecule has 1 N–H and O–H groups in total. The number of hydrogen-bond acceptors (Lipinski definition) is 5. The van der Waals surface area contributed by atoms with Gasteiger partial charge in [-0.2, -0.15) is 13.2 Å². The number of amides is 2. The summed E-state index contributed by atoms with van der Waals surface area (Å²) in [6.45, 7) is 2.66. The molecule has 0 radical (unpaired) electrons. The smallest absolute Gasteiger partial charge is 0.416 e. The first-order valence-electron chi connectivity index (χ1n) is 13.7. The van der Waals surface area contributed by atoms with Crippen LogP contribution in [0.5, 0.6) is 5.75 Å². The summed E-state index contributed by atoms with van der Waals surface area (Å²) in [5.74, 6) is -0.804. The van der Waals surface area contributed by atoms with E-state index in [0.717, 1.165) is 24.0 Å². The van der Waals surface area contributed by atoms with Crippen LogP contribution >= 0.6 is 11.6 Å². The number of hydrogen-bond donors (Lipinski definition) is 1. The lowest BCUT2D eigenvalue weighted by atomic mass is 10.0. The third-order valence-electron chi connectivity index (χ3n) is 6.98. The van der Waals surface area contributed by atoms with Crippen LogP contribution in [0, 0.1) is 0 Å². The van der Waals surface area contributed by atoms with Gasteiger partial charge in [-0.15, -0.1) is 0 Å². The number of nitrogens with one attached hydrogen (secondary N) is 1. The van der Waals surface area contributed by atoms with Gasteiger partial charge in [0.25, 0.3) is 0 Å². The van der Waals surface area contributed by atoms with Crippen molar-refractivity contribution in [1.29, 1.82) is 0 Å². The molecule has 0 aliphatic carbocycles. The Morgan fingerprint density at radius 1 is 1.00 bits per heavy atom. The maximum absolute atomic E-state index is 14.2. The highest BCUT2D eigenvalue weighted by atomic mass is 35.5. The van der Waals surface area contributed by atoms with Gasteiger partial charge >= 0.3 is 6.18 Å². The lowest BCUT2D eigenvalue weighted by Crippen LogP contribution is -2.54. The monoisotopic (exact) mass is 653 g/mol. The van der Waals surface area contributed by atoms with Crippen LogP contribution in [0.4, 0.5) is 18.9 Å². The summed E-state index contributed by atoms with van der Waals surface area (Å²) < 4.78 is 72.4. The number of nitrogens with zero attached hydrogens (tertiary/aromatic N) is 2. The lowest BCUT2D eigenvalue weighted by Gasteiger charge is -2.34. The number of anilines is 1. The Labute approximate surface area is 260 Å². The normalized spacial score (nSPS) is 13.1. The van der Waals surface area contributed by atoms with Crippen molar-refractivity contribution < 1.29 is 35.9 Å². The first-order chi connectivity index (χ1) is 20.6. The second kappa shape index (κ2) is 14.8. The number of alkyl halides is 3. The summed E-state index contributed by atoms with van der Waals surface area (Å²) in [6.07, 6.45) is -3.33. The van der Waals surface area contributed by atoms with Crippen LogP contribution in [0.1, 0.15) is 37.0 Å². The van der Waals surface area contributed by atoms with Crippen LogP contribution in [0.25, 0.3) is 0 Å².